The minimum atomic E-state index is -1.07. The predicted molar refractivity (Wildman–Crippen MR) is 172 cm³/mol. The molecule has 2 amide bonds. The molecule has 7 nitrogen and oxygen atoms in total. The van der Waals surface area contributed by atoms with Gasteiger partial charge in [-0.15, -0.1) is 0 Å². The number of unbranched alkanes of at least 4 members (excludes halogenated alkanes) is 1. The molecule has 0 aromatic carbocycles. The molecule has 0 aliphatic carbocycles. The van der Waals surface area contributed by atoms with Crippen LogP contribution < -0.4 is 10.6 Å². The Labute approximate surface area is 256 Å². The van der Waals surface area contributed by atoms with Gasteiger partial charge < -0.3 is 15.7 Å². The number of aromatic nitrogens is 1. The average molecular weight is 596 g/mol. The van der Waals surface area contributed by atoms with Gasteiger partial charge in [-0.05, 0) is 76.3 Å². The summed E-state index contributed by atoms with van der Waals surface area (Å²) in [5, 5.41) is 14.9. The van der Waals surface area contributed by atoms with Crippen molar-refractivity contribution in [2.45, 2.75) is 83.6 Å². The number of carbonyl (C=O) groups is 3. The van der Waals surface area contributed by atoms with Gasteiger partial charge in [-0.3, -0.25) is 9.59 Å². The summed E-state index contributed by atoms with van der Waals surface area (Å²) in [6.45, 7) is 2.51. The van der Waals surface area contributed by atoms with Gasteiger partial charge >= 0.3 is 5.97 Å². The first-order chi connectivity index (χ1) is 20.5. The maximum absolute atomic E-state index is 12.2. The van der Waals surface area contributed by atoms with Crippen molar-refractivity contribution in [2.75, 3.05) is 6.54 Å². The number of carbonyl (C=O) groups excluding carboxylic acids is 2. The number of carboxylic acid groups (broad SMARTS) is 1. The molecule has 0 radical (unpaired) electrons. The topological polar surface area (TPSA) is 108 Å². The summed E-state index contributed by atoms with van der Waals surface area (Å²) in [6.07, 6.45) is 34.9. The summed E-state index contributed by atoms with van der Waals surface area (Å²) in [6, 6.07) is 2.26. The summed E-state index contributed by atoms with van der Waals surface area (Å²) >= 11 is 5.91. The third kappa shape index (κ3) is 19.4. The highest BCUT2D eigenvalue weighted by Gasteiger charge is 2.19. The van der Waals surface area contributed by atoms with Crippen LogP contribution in [0.25, 0.3) is 0 Å². The van der Waals surface area contributed by atoms with E-state index in [1.54, 1.807) is 12.1 Å². The third-order valence-corrected chi connectivity index (χ3v) is 6.28. The molecule has 1 rings (SSSR count). The molecule has 1 atom stereocenters. The third-order valence-electron chi connectivity index (χ3n) is 5.98. The number of nitrogens with zero attached hydrogens (tertiary/aromatic N) is 1. The van der Waals surface area contributed by atoms with Gasteiger partial charge in [0.2, 0.25) is 5.91 Å². The number of hydrogen-bond acceptors (Lipinski definition) is 4. The van der Waals surface area contributed by atoms with Crippen molar-refractivity contribution in [3.8, 4) is 0 Å². The Morgan fingerprint density at radius 2 is 1.40 bits per heavy atom. The van der Waals surface area contributed by atoms with E-state index in [4.69, 9.17) is 11.6 Å². The van der Waals surface area contributed by atoms with Crippen molar-refractivity contribution in [1.29, 1.82) is 0 Å². The van der Waals surface area contributed by atoms with E-state index in [2.05, 4.69) is 83.3 Å². The Kier molecular flexibility index (Phi) is 21.6. The number of amides is 2. The van der Waals surface area contributed by atoms with E-state index < -0.39 is 12.0 Å². The number of hydrogen-bond donors (Lipinski definition) is 3. The lowest BCUT2D eigenvalue weighted by atomic mass is 10.1. The van der Waals surface area contributed by atoms with Crippen LogP contribution in [0.1, 0.15) is 87.9 Å². The van der Waals surface area contributed by atoms with E-state index in [0.29, 0.717) is 31.4 Å². The molecule has 1 aromatic rings. The number of pyridine rings is 1. The van der Waals surface area contributed by atoms with Crippen molar-refractivity contribution < 1.29 is 19.5 Å². The fourth-order valence-electron chi connectivity index (χ4n) is 3.70. The number of aliphatic carboxylic acids is 1. The summed E-state index contributed by atoms with van der Waals surface area (Å²) in [5.41, 5.74) is 0.293. The van der Waals surface area contributed by atoms with Gasteiger partial charge in [0.05, 0.1) is 5.56 Å². The Hall–Kier alpha value is -3.71. The van der Waals surface area contributed by atoms with Crippen LogP contribution >= 0.6 is 11.6 Å². The Morgan fingerprint density at radius 1 is 0.857 bits per heavy atom. The normalized spacial score (nSPS) is 12.9. The van der Waals surface area contributed by atoms with Crippen molar-refractivity contribution in [3.63, 3.8) is 0 Å². The first-order valence-corrected chi connectivity index (χ1v) is 15.1. The number of nitrogens with one attached hydrogen (secondary N) is 2. The van der Waals surface area contributed by atoms with E-state index in [1.807, 2.05) is 12.2 Å². The highest BCUT2D eigenvalue weighted by Crippen LogP contribution is 2.11. The molecule has 1 aromatic heterocycles. The Balaban J connectivity index is 2.12. The molecule has 0 aliphatic heterocycles. The summed E-state index contributed by atoms with van der Waals surface area (Å²) < 4.78 is 0. The molecule has 0 saturated heterocycles. The van der Waals surface area contributed by atoms with Crippen LogP contribution in [-0.4, -0.2) is 40.5 Å². The highest BCUT2D eigenvalue weighted by atomic mass is 35.5. The number of carboxylic acids is 1. The van der Waals surface area contributed by atoms with Crippen molar-refractivity contribution in [1.82, 2.24) is 15.6 Å². The lowest BCUT2D eigenvalue weighted by molar-refractivity contribution is -0.142. The van der Waals surface area contributed by atoms with Crippen LogP contribution in [0, 0.1) is 0 Å². The fraction of sp³-hybridized carbons (Fsp3) is 0.412. The Morgan fingerprint density at radius 3 is 1.93 bits per heavy atom. The van der Waals surface area contributed by atoms with E-state index in [9.17, 15) is 19.5 Å². The molecular weight excluding hydrogens is 550 g/mol. The SMILES string of the molecule is CCC=CCC=CCC=CCC=CCC=CCC=CCCC(=O)NC(CCCCNC(=O)c1cccnc1Cl)C(=O)O. The molecule has 1 heterocycles. The summed E-state index contributed by atoms with van der Waals surface area (Å²) in [4.78, 5) is 39.7. The van der Waals surface area contributed by atoms with E-state index in [0.717, 1.165) is 38.5 Å². The zero-order valence-corrected chi connectivity index (χ0v) is 25.5. The van der Waals surface area contributed by atoms with Crippen LogP contribution in [-0.2, 0) is 9.59 Å². The molecule has 3 N–H and O–H groups in total. The molecule has 8 heteroatoms. The van der Waals surface area contributed by atoms with Gasteiger partial charge in [0.25, 0.3) is 5.91 Å². The van der Waals surface area contributed by atoms with Gasteiger partial charge in [-0.2, -0.15) is 0 Å². The smallest absolute Gasteiger partial charge is 0.326 e. The van der Waals surface area contributed by atoms with Crippen LogP contribution in [0.4, 0.5) is 0 Å². The maximum atomic E-state index is 12.2. The van der Waals surface area contributed by atoms with Gasteiger partial charge in [-0.25, -0.2) is 9.78 Å². The van der Waals surface area contributed by atoms with Crippen LogP contribution in [0.2, 0.25) is 5.15 Å². The summed E-state index contributed by atoms with van der Waals surface area (Å²) in [7, 11) is 0. The largest absolute Gasteiger partial charge is 0.480 e. The minimum absolute atomic E-state index is 0.132. The lowest BCUT2D eigenvalue weighted by Crippen LogP contribution is -2.40. The lowest BCUT2D eigenvalue weighted by Gasteiger charge is -2.14. The Bertz CT molecular complexity index is 1110. The zero-order chi connectivity index (χ0) is 30.7. The monoisotopic (exact) mass is 595 g/mol. The van der Waals surface area contributed by atoms with E-state index in [1.165, 1.54) is 6.20 Å². The second-order valence-corrected chi connectivity index (χ2v) is 9.86. The zero-order valence-electron chi connectivity index (χ0n) is 24.7. The molecule has 0 aliphatic rings. The standard InChI is InChI=1S/C34H46ClN3O4/c1-2-3-4-5-6-7-8-9-10-11-12-13-14-15-16-17-18-19-20-26-31(39)38-30(34(41)42)25-21-22-27-37-33(40)29-24-23-28-36-32(29)35/h3-4,6-7,9-10,12-13,15-16,18-19,23-24,28,30H,2,5,8,11,14,17,20-22,25-27H2,1H3,(H,37,40)(H,38,39)(H,41,42). The maximum Gasteiger partial charge on any atom is 0.326 e. The molecule has 0 spiro atoms. The molecule has 42 heavy (non-hydrogen) atoms. The van der Waals surface area contributed by atoms with E-state index in [-0.39, 0.29) is 29.8 Å². The highest BCUT2D eigenvalue weighted by molar-refractivity contribution is 6.32. The van der Waals surface area contributed by atoms with Gasteiger partial charge in [0, 0.05) is 19.2 Å². The first kappa shape index (κ1) is 36.3. The quantitative estimate of drug-likeness (QED) is 0.0723. The van der Waals surface area contributed by atoms with E-state index >= 15 is 0 Å². The van der Waals surface area contributed by atoms with Gasteiger partial charge in [-0.1, -0.05) is 91.4 Å². The fourth-order valence-corrected chi connectivity index (χ4v) is 3.91. The van der Waals surface area contributed by atoms with Crippen molar-refractivity contribution in [2.24, 2.45) is 0 Å². The second-order valence-electron chi connectivity index (χ2n) is 9.51. The number of halogens is 1. The van der Waals surface area contributed by atoms with Crippen molar-refractivity contribution in [3.05, 3.63) is 102 Å². The first-order valence-electron chi connectivity index (χ1n) is 14.8. The van der Waals surface area contributed by atoms with Crippen LogP contribution in [0.3, 0.4) is 0 Å². The van der Waals surface area contributed by atoms with Crippen LogP contribution in [0.15, 0.2) is 91.2 Å². The molecule has 0 saturated carbocycles. The molecule has 228 valence electrons. The number of allylic oxidation sites excluding steroid dienone is 12. The summed E-state index contributed by atoms with van der Waals surface area (Å²) in [5.74, 6) is -1.68. The molecular formula is C34H46ClN3O4. The minimum Gasteiger partial charge on any atom is -0.480 e. The second kappa shape index (κ2) is 25.0. The van der Waals surface area contributed by atoms with Gasteiger partial charge in [0.15, 0.2) is 0 Å². The number of rotatable bonds is 22. The average Bonchev–Trinajstić information content (AvgIpc) is 2.97. The van der Waals surface area contributed by atoms with Crippen LogP contribution in [0.5, 0.6) is 0 Å². The van der Waals surface area contributed by atoms with Gasteiger partial charge in [0.1, 0.15) is 11.2 Å². The predicted octanol–water partition coefficient (Wildman–Crippen LogP) is 7.68. The molecule has 1 unspecified atom stereocenters. The van der Waals surface area contributed by atoms with Crippen molar-refractivity contribution >= 4 is 29.4 Å². The molecule has 0 bridgehead atoms. The molecule has 0 fully saturated rings.